The fourth-order valence-electron chi connectivity index (χ4n) is 6.14. The number of carbonyl (C=O) groups is 1. The van der Waals surface area contributed by atoms with Crippen molar-refractivity contribution in [2.24, 2.45) is 0 Å². The molecule has 0 saturated heterocycles. The molecule has 8 nitrogen and oxygen atoms in total. The predicted molar refractivity (Wildman–Crippen MR) is 220 cm³/mol. The van der Waals surface area contributed by atoms with Gasteiger partial charge in [-0.2, -0.15) is 0 Å². The summed E-state index contributed by atoms with van der Waals surface area (Å²) in [5.74, 6) is -0.319. The van der Waals surface area contributed by atoms with Crippen LogP contribution in [0.2, 0.25) is 0 Å². The van der Waals surface area contributed by atoms with E-state index in [4.69, 9.17) is 18.5 Å². The highest BCUT2D eigenvalue weighted by atomic mass is 31.2. The van der Waals surface area contributed by atoms with Gasteiger partial charge in [0.05, 0.1) is 34.4 Å². The van der Waals surface area contributed by atoms with E-state index in [1.807, 2.05) is 21.1 Å². The first-order valence-electron chi connectivity index (χ1n) is 21.9. The van der Waals surface area contributed by atoms with Gasteiger partial charge < -0.3 is 18.9 Å². The number of quaternary nitrogens is 1. The lowest BCUT2D eigenvalue weighted by molar-refractivity contribution is -0.870. The average molecular weight is 761 g/mol. The van der Waals surface area contributed by atoms with E-state index < -0.39 is 13.9 Å². The maximum absolute atomic E-state index is 12.7. The minimum atomic E-state index is -4.27. The number of esters is 1. The van der Waals surface area contributed by atoms with Crippen molar-refractivity contribution in [1.29, 1.82) is 0 Å². The second-order valence-electron chi connectivity index (χ2n) is 16.1. The van der Waals surface area contributed by atoms with Crippen LogP contribution >= 0.6 is 7.82 Å². The molecule has 0 heterocycles. The molecule has 0 aromatic rings. The number of phosphoric acid groups is 1. The minimum absolute atomic E-state index is 0.0902. The number of likely N-dealkylation sites (N-methyl/N-ethyl adjacent to an activating group) is 1. The summed E-state index contributed by atoms with van der Waals surface area (Å²) in [5.41, 5.74) is 0. The Morgan fingerprint density at radius 3 is 1.46 bits per heavy atom. The summed E-state index contributed by atoms with van der Waals surface area (Å²) < 4.78 is 35.0. The molecule has 0 radical (unpaired) electrons. The SMILES string of the molecule is CCCCCCCC/C=C\CCCCCCCC(=O)OC(COCCCCCCCCCCCCCCCCC)COP(=O)(O)OCC[N+](C)(C)C. The third-order valence-electron chi connectivity index (χ3n) is 9.58. The Morgan fingerprint density at radius 2 is 1.00 bits per heavy atom. The van der Waals surface area contributed by atoms with Crippen LogP contribution in [0.5, 0.6) is 0 Å². The minimum Gasteiger partial charge on any atom is -0.457 e. The molecule has 0 bridgehead atoms. The zero-order chi connectivity index (χ0) is 38.4. The molecule has 0 aliphatic heterocycles. The molecular formula is C43H87NO7P+. The van der Waals surface area contributed by atoms with Crippen molar-refractivity contribution in [3.8, 4) is 0 Å². The molecule has 0 aliphatic rings. The number of rotatable bonds is 41. The Balaban J connectivity index is 4.22. The van der Waals surface area contributed by atoms with Gasteiger partial charge in [0.2, 0.25) is 0 Å². The standard InChI is InChI=1S/C43H86NO7P/c1-6-8-10-12-14-16-18-20-22-24-26-28-30-32-34-36-43(45)51-42(41-50-52(46,47)49-39-37-44(3,4)5)40-48-38-35-33-31-29-27-25-23-21-19-17-15-13-11-9-7-2/h20,22,42H,6-19,21,23-41H2,1-5H3/p+1/b22-20-. The second-order valence-corrected chi connectivity index (χ2v) is 17.5. The normalized spacial score (nSPS) is 13.9. The van der Waals surface area contributed by atoms with Crippen molar-refractivity contribution >= 4 is 13.8 Å². The van der Waals surface area contributed by atoms with E-state index in [0.29, 0.717) is 24.1 Å². The van der Waals surface area contributed by atoms with Gasteiger partial charge in [-0.3, -0.25) is 13.8 Å². The number of ether oxygens (including phenoxy) is 2. The largest absolute Gasteiger partial charge is 0.472 e. The molecule has 0 spiro atoms. The molecule has 0 rings (SSSR count). The molecule has 0 saturated carbocycles. The first-order chi connectivity index (χ1) is 25.1. The molecule has 0 amide bonds. The first kappa shape index (κ1) is 51.2. The molecule has 1 N–H and O–H groups in total. The number of carbonyl (C=O) groups excluding carboxylic acids is 1. The molecule has 52 heavy (non-hydrogen) atoms. The third-order valence-corrected chi connectivity index (χ3v) is 10.6. The first-order valence-corrected chi connectivity index (χ1v) is 23.4. The van der Waals surface area contributed by atoms with E-state index in [0.717, 1.165) is 38.5 Å². The lowest BCUT2D eigenvalue weighted by Gasteiger charge is -2.24. The molecule has 0 aromatic carbocycles. The predicted octanol–water partition coefficient (Wildman–Crippen LogP) is 12.7. The highest BCUT2D eigenvalue weighted by Gasteiger charge is 2.26. The maximum Gasteiger partial charge on any atom is 0.472 e. The van der Waals surface area contributed by atoms with Crippen molar-refractivity contribution in [1.82, 2.24) is 0 Å². The smallest absolute Gasteiger partial charge is 0.457 e. The van der Waals surface area contributed by atoms with Crippen molar-refractivity contribution in [3.05, 3.63) is 12.2 Å². The number of nitrogens with zero attached hydrogens (tertiary/aromatic N) is 1. The lowest BCUT2D eigenvalue weighted by atomic mass is 10.0. The third kappa shape index (κ3) is 40.4. The summed E-state index contributed by atoms with van der Waals surface area (Å²) in [6.45, 7) is 5.64. The summed E-state index contributed by atoms with van der Waals surface area (Å²) in [7, 11) is 1.67. The van der Waals surface area contributed by atoms with Crippen LogP contribution in [0.3, 0.4) is 0 Å². The van der Waals surface area contributed by atoms with Gasteiger partial charge in [0.1, 0.15) is 19.3 Å². The van der Waals surface area contributed by atoms with Gasteiger partial charge >= 0.3 is 13.8 Å². The number of unbranched alkanes of at least 4 members (excludes halogenated alkanes) is 25. The number of hydrogen-bond acceptors (Lipinski definition) is 6. The summed E-state index contributed by atoms with van der Waals surface area (Å²) in [5, 5.41) is 0. The van der Waals surface area contributed by atoms with Gasteiger partial charge in [0.25, 0.3) is 0 Å². The van der Waals surface area contributed by atoms with Crippen LogP contribution in [0, 0.1) is 0 Å². The van der Waals surface area contributed by atoms with Crippen LogP contribution in [0.25, 0.3) is 0 Å². The summed E-state index contributed by atoms with van der Waals surface area (Å²) in [6.07, 6.45) is 39.5. The Kier molecular flexibility index (Phi) is 36.6. The van der Waals surface area contributed by atoms with E-state index in [2.05, 4.69) is 26.0 Å². The van der Waals surface area contributed by atoms with Gasteiger partial charge in [0.15, 0.2) is 0 Å². The highest BCUT2D eigenvalue weighted by Crippen LogP contribution is 2.43. The molecular weight excluding hydrogens is 673 g/mol. The Morgan fingerprint density at radius 1 is 0.577 bits per heavy atom. The summed E-state index contributed by atoms with van der Waals surface area (Å²) in [4.78, 5) is 22.9. The van der Waals surface area contributed by atoms with Crippen LogP contribution < -0.4 is 0 Å². The van der Waals surface area contributed by atoms with Crippen LogP contribution in [-0.4, -0.2) is 75.6 Å². The lowest BCUT2D eigenvalue weighted by Crippen LogP contribution is -2.37. The molecule has 9 heteroatoms. The van der Waals surface area contributed by atoms with E-state index >= 15 is 0 Å². The van der Waals surface area contributed by atoms with Crippen LogP contribution in [0.1, 0.15) is 200 Å². The number of phosphoric ester groups is 1. The Bertz CT molecular complexity index is 848. The zero-order valence-corrected chi connectivity index (χ0v) is 36.0. The topological polar surface area (TPSA) is 91.3 Å². The van der Waals surface area contributed by atoms with Crippen LogP contribution in [-0.2, 0) is 27.9 Å². The van der Waals surface area contributed by atoms with Crippen LogP contribution in [0.4, 0.5) is 0 Å². The zero-order valence-electron chi connectivity index (χ0n) is 35.1. The van der Waals surface area contributed by atoms with Crippen molar-refractivity contribution in [3.63, 3.8) is 0 Å². The van der Waals surface area contributed by atoms with Crippen molar-refractivity contribution < 1.29 is 37.3 Å². The van der Waals surface area contributed by atoms with Gasteiger partial charge in [-0.1, -0.05) is 167 Å². The van der Waals surface area contributed by atoms with E-state index in [1.165, 1.54) is 141 Å². The summed E-state index contributed by atoms with van der Waals surface area (Å²) >= 11 is 0. The van der Waals surface area contributed by atoms with E-state index in [9.17, 15) is 14.3 Å². The molecule has 310 valence electrons. The molecule has 2 atom stereocenters. The Hall–Kier alpha value is -0.760. The van der Waals surface area contributed by atoms with E-state index in [-0.39, 0.29) is 25.8 Å². The molecule has 2 unspecified atom stereocenters. The van der Waals surface area contributed by atoms with Gasteiger partial charge in [0, 0.05) is 13.0 Å². The Labute approximate surface area is 322 Å². The second kappa shape index (κ2) is 37.2. The van der Waals surface area contributed by atoms with Crippen molar-refractivity contribution in [2.45, 2.75) is 206 Å². The van der Waals surface area contributed by atoms with Gasteiger partial charge in [-0.25, -0.2) is 4.57 Å². The van der Waals surface area contributed by atoms with Crippen molar-refractivity contribution in [2.75, 3.05) is 54.1 Å². The fourth-order valence-corrected chi connectivity index (χ4v) is 6.88. The van der Waals surface area contributed by atoms with Crippen LogP contribution in [0.15, 0.2) is 12.2 Å². The monoisotopic (exact) mass is 761 g/mol. The van der Waals surface area contributed by atoms with Gasteiger partial charge in [-0.05, 0) is 38.5 Å². The molecule has 0 fully saturated rings. The quantitative estimate of drug-likeness (QED) is 0.0218. The number of allylic oxidation sites excluding steroid dienone is 2. The average Bonchev–Trinajstić information content (AvgIpc) is 3.09. The highest BCUT2D eigenvalue weighted by molar-refractivity contribution is 7.47. The van der Waals surface area contributed by atoms with Gasteiger partial charge in [-0.15, -0.1) is 0 Å². The summed E-state index contributed by atoms with van der Waals surface area (Å²) in [6, 6.07) is 0. The fraction of sp³-hybridized carbons (Fsp3) is 0.930. The molecule has 0 aliphatic carbocycles. The number of hydrogen-bond donors (Lipinski definition) is 1. The van der Waals surface area contributed by atoms with E-state index in [1.54, 1.807) is 0 Å². The molecule has 0 aromatic heterocycles. The maximum atomic E-state index is 12.7.